The van der Waals surface area contributed by atoms with Crippen molar-refractivity contribution in [3.8, 4) is 0 Å². The van der Waals surface area contributed by atoms with Gasteiger partial charge in [0, 0.05) is 4.47 Å². The van der Waals surface area contributed by atoms with Gasteiger partial charge in [-0.3, -0.25) is 4.79 Å². The lowest BCUT2D eigenvalue weighted by Crippen LogP contribution is -2.63. The van der Waals surface area contributed by atoms with Gasteiger partial charge in [0.2, 0.25) is 0 Å². The molecule has 0 radical (unpaired) electrons. The summed E-state index contributed by atoms with van der Waals surface area (Å²) >= 11 is 2.95. The Labute approximate surface area is 112 Å². The number of rotatable bonds is 2. The molecule has 0 aromatic heterocycles. The third-order valence-corrected chi connectivity index (χ3v) is 3.59. The van der Waals surface area contributed by atoms with Crippen LogP contribution in [0.4, 0.5) is 8.78 Å². The van der Waals surface area contributed by atoms with Gasteiger partial charge in [-0.25, -0.2) is 8.78 Å². The van der Waals surface area contributed by atoms with Crippen molar-refractivity contribution in [2.75, 3.05) is 13.1 Å². The van der Waals surface area contributed by atoms with Crippen LogP contribution in [0.3, 0.4) is 0 Å². The molecule has 0 atom stereocenters. The first kappa shape index (κ1) is 13.4. The van der Waals surface area contributed by atoms with E-state index in [-0.39, 0.29) is 17.6 Å². The van der Waals surface area contributed by atoms with Crippen LogP contribution >= 0.6 is 15.9 Å². The van der Waals surface area contributed by atoms with Crippen LogP contribution in [0.25, 0.3) is 0 Å². The van der Waals surface area contributed by atoms with E-state index in [0.717, 1.165) is 12.1 Å². The minimum atomic E-state index is -0.919. The number of nitrogens with zero attached hydrogens (tertiary/aromatic N) is 1. The Kier molecular flexibility index (Phi) is 3.42. The number of carbonyl (C=O) groups excluding carboxylic acids is 1. The molecule has 1 aliphatic rings. The van der Waals surface area contributed by atoms with E-state index in [4.69, 9.17) is 0 Å². The average molecular weight is 320 g/mol. The van der Waals surface area contributed by atoms with Crippen molar-refractivity contribution in [1.82, 2.24) is 4.90 Å². The molecule has 6 heteroatoms. The zero-order chi connectivity index (χ0) is 13.5. The van der Waals surface area contributed by atoms with Crippen LogP contribution in [0.1, 0.15) is 23.7 Å². The number of hydrogen-bond acceptors (Lipinski definition) is 2. The predicted octanol–water partition coefficient (Wildman–Crippen LogP) is 2.32. The molecule has 0 bridgehead atoms. The second-order valence-electron chi connectivity index (χ2n) is 4.48. The minimum absolute atomic E-state index is 0.108. The summed E-state index contributed by atoms with van der Waals surface area (Å²) in [6.45, 7) is 2.01. The molecule has 0 spiro atoms. The van der Waals surface area contributed by atoms with E-state index < -0.39 is 28.7 Å². The molecule has 0 unspecified atom stereocenters. The molecule has 3 nitrogen and oxygen atoms in total. The van der Waals surface area contributed by atoms with E-state index >= 15 is 0 Å². The smallest absolute Gasteiger partial charge is 0.260 e. The second-order valence-corrected chi connectivity index (χ2v) is 5.40. The highest BCUT2D eigenvalue weighted by Gasteiger charge is 2.43. The Hall–Kier alpha value is -1.01. The summed E-state index contributed by atoms with van der Waals surface area (Å²) in [5.41, 5.74) is -1.49. The third kappa shape index (κ3) is 2.27. The maximum absolute atomic E-state index is 13.6. The lowest BCUT2D eigenvalue weighted by Gasteiger charge is -2.46. The van der Waals surface area contributed by atoms with E-state index in [9.17, 15) is 18.7 Å². The highest BCUT2D eigenvalue weighted by Crippen LogP contribution is 2.28. The maximum Gasteiger partial charge on any atom is 0.260 e. The van der Waals surface area contributed by atoms with Crippen molar-refractivity contribution >= 4 is 21.8 Å². The summed E-state index contributed by atoms with van der Waals surface area (Å²) in [6.07, 6.45) is 0.502. The summed E-state index contributed by atoms with van der Waals surface area (Å²) < 4.78 is 27.4. The van der Waals surface area contributed by atoms with Gasteiger partial charge in [0.25, 0.3) is 5.91 Å². The number of likely N-dealkylation sites (tertiary alicyclic amines) is 1. The van der Waals surface area contributed by atoms with E-state index in [2.05, 4.69) is 15.9 Å². The van der Waals surface area contributed by atoms with Crippen LogP contribution in [-0.2, 0) is 0 Å². The minimum Gasteiger partial charge on any atom is -0.386 e. The van der Waals surface area contributed by atoms with Crippen molar-refractivity contribution in [3.05, 3.63) is 33.8 Å². The summed E-state index contributed by atoms with van der Waals surface area (Å²) in [6, 6.07) is 2.09. The fourth-order valence-corrected chi connectivity index (χ4v) is 2.34. The average Bonchev–Trinajstić information content (AvgIpc) is 2.23. The highest BCUT2D eigenvalue weighted by molar-refractivity contribution is 9.10. The molecule has 0 saturated carbocycles. The monoisotopic (exact) mass is 319 g/mol. The zero-order valence-corrected chi connectivity index (χ0v) is 11.3. The van der Waals surface area contributed by atoms with Crippen molar-refractivity contribution < 1.29 is 18.7 Å². The van der Waals surface area contributed by atoms with E-state index in [1.165, 1.54) is 4.90 Å². The maximum atomic E-state index is 13.6. The number of carbonyl (C=O) groups is 1. The predicted molar refractivity (Wildman–Crippen MR) is 65.2 cm³/mol. The van der Waals surface area contributed by atoms with E-state index in [1.54, 1.807) is 6.92 Å². The molecule has 1 saturated heterocycles. The number of halogens is 3. The van der Waals surface area contributed by atoms with Gasteiger partial charge in [0.15, 0.2) is 0 Å². The summed E-state index contributed by atoms with van der Waals surface area (Å²) in [4.78, 5) is 13.1. The Morgan fingerprint density at radius 2 is 1.94 bits per heavy atom. The lowest BCUT2D eigenvalue weighted by molar-refractivity contribution is -0.0829. The third-order valence-electron chi connectivity index (χ3n) is 3.14. The van der Waals surface area contributed by atoms with Crippen molar-refractivity contribution in [2.24, 2.45) is 0 Å². The van der Waals surface area contributed by atoms with Gasteiger partial charge in [-0.15, -0.1) is 0 Å². The zero-order valence-electron chi connectivity index (χ0n) is 9.71. The summed E-state index contributed by atoms with van der Waals surface area (Å²) in [7, 11) is 0. The first-order valence-corrected chi connectivity index (χ1v) is 6.32. The number of aliphatic hydroxyl groups is 1. The van der Waals surface area contributed by atoms with Crippen molar-refractivity contribution in [3.63, 3.8) is 0 Å². The molecule has 1 N–H and O–H groups in total. The van der Waals surface area contributed by atoms with E-state index in [0.29, 0.717) is 6.42 Å². The molecule has 1 amide bonds. The Balaban J connectivity index is 2.21. The molecule has 1 fully saturated rings. The SMILES string of the molecule is CCC1(O)CN(C(=O)c2c(F)cc(Br)cc2F)C1. The molecule has 2 rings (SSSR count). The first-order chi connectivity index (χ1) is 8.36. The fourth-order valence-electron chi connectivity index (χ4n) is 1.94. The quantitative estimate of drug-likeness (QED) is 0.909. The Morgan fingerprint density at radius 3 is 2.39 bits per heavy atom. The van der Waals surface area contributed by atoms with Crippen molar-refractivity contribution in [1.29, 1.82) is 0 Å². The number of amides is 1. The Morgan fingerprint density at radius 1 is 1.44 bits per heavy atom. The van der Waals surface area contributed by atoms with Gasteiger partial charge in [0.1, 0.15) is 17.2 Å². The van der Waals surface area contributed by atoms with Gasteiger partial charge in [-0.05, 0) is 18.6 Å². The second kappa shape index (κ2) is 4.59. The highest BCUT2D eigenvalue weighted by atomic mass is 79.9. The topological polar surface area (TPSA) is 40.5 Å². The molecular weight excluding hydrogens is 308 g/mol. The van der Waals surface area contributed by atoms with Gasteiger partial charge in [0.05, 0.1) is 18.7 Å². The van der Waals surface area contributed by atoms with E-state index in [1.807, 2.05) is 0 Å². The van der Waals surface area contributed by atoms with Crippen LogP contribution in [0, 0.1) is 11.6 Å². The molecule has 1 heterocycles. The molecule has 0 aliphatic carbocycles. The molecule has 18 heavy (non-hydrogen) atoms. The van der Waals surface area contributed by atoms with Crippen molar-refractivity contribution in [2.45, 2.75) is 18.9 Å². The van der Waals surface area contributed by atoms with Gasteiger partial charge in [-0.2, -0.15) is 0 Å². The first-order valence-electron chi connectivity index (χ1n) is 5.52. The molecule has 1 aliphatic heterocycles. The van der Waals surface area contributed by atoms with Crippen LogP contribution < -0.4 is 0 Å². The standard InChI is InChI=1S/C12H12BrF2NO2/c1-2-12(18)5-16(6-12)11(17)10-8(14)3-7(13)4-9(10)15/h3-4,18H,2,5-6H2,1H3. The number of benzene rings is 1. The normalized spacial score (nSPS) is 17.5. The summed E-state index contributed by atoms with van der Waals surface area (Å²) in [5, 5.41) is 9.78. The van der Waals surface area contributed by atoms with Gasteiger partial charge < -0.3 is 10.0 Å². The number of β-amino-alcohol motifs (C(OH)–C–C–N with tert-alkyl or cyclic N) is 1. The largest absolute Gasteiger partial charge is 0.386 e. The molecule has 98 valence electrons. The van der Waals surface area contributed by atoms with Crippen LogP contribution in [0.2, 0.25) is 0 Å². The van der Waals surface area contributed by atoms with Crippen LogP contribution in [-0.4, -0.2) is 34.6 Å². The Bertz CT molecular complexity index is 478. The number of hydrogen-bond donors (Lipinski definition) is 1. The van der Waals surface area contributed by atoms with Crippen LogP contribution in [0.5, 0.6) is 0 Å². The molecule has 1 aromatic rings. The lowest BCUT2D eigenvalue weighted by atomic mass is 9.90. The van der Waals surface area contributed by atoms with Crippen LogP contribution in [0.15, 0.2) is 16.6 Å². The summed E-state index contributed by atoms with van der Waals surface area (Å²) in [5.74, 6) is -2.53. The molecule has 1 aromatic carbocycles. The fraction of sp³-hybridized carbons (Fsp3) is 0.417. The molecular formula is C12H12BrF2NO2. The van der Waals surface area contributed by atoms with Gasteiger partial charge in [-0.1, -0.05) is 22.9 Å². The van der Waals surface area contributed by atoms with Gasteiger partial charge >= 0.3 is 0 Å².